The Hall–Kier alpha value is -1.32. The van der Waals surface area contributed by atoms with E-state index in [1.165, 1.54) is 0 Å². The molecule has 0 atom stereocenters. The van der Waals surface area contributed by atoms with Crippen LogP contribution in [0.5, 0.6) is 0 Å². The van der Waals surface area contributed by atoms with Crippen LogP contribution in [-0.2, 0) is 12.5 Å². The topological polar surface area (TPSA) is 38.1 Å². The first-order valence-corrected chi connectivity index (χ1v) is 6.57. The standard InChI is InChI=1S/C14H25N3O/c1-7-8-9-16(5)13(18)11-10-12(14(2,3)4)15-17(11)6/h10H,7-9H2,1-6H3. The van der Waals surface area contributed by atoms with E-state index < -0.39 is 0 Å². The van der Waals surface area contributed by atoms with Crippen molar-refractivity contribution in [3.63, 3.8) is 0 Å². The van der Waals surface area contributed by atoms with Gasteiger partial charge in [0.15, 0.2) is 0 Å². The quantitative estimate of drug-likeness (QED) is 0.825. The highest BCUT2D eigenvalue weighted by Crippen LogP contribution is 2.21. The highest BCUT2D eigenvalue weighted by molar-refractivity contribution is 5.92. The lowest BCUT2D eigenvalue weighted by Crippen LogP contribution is -2.29. The molecule has 0 aliphatic heterocycles. The Morgan fingerprint density at radius 3 is 2.50 bits per heavy atom. The second-order valence-corrected chi connectivity index (χ2v) is 5.87. The van der Waals surface area contributed by atoms with Gasteiger partial charge in [0.25, 0.3) is 5.91 Å². The van der Waals surface area contributed by atoms with Crippen LogP contribution in [0.2, 0.25) is 0 Å². The van der Waals surface area contributed by atoms with E-state index in [1.807, 2.05) is 20.2 Å². The van der Waals surface area contributed by atoms with Crippen LogP contribution in [0.4, 0.5) is 0 Å². The average molecular weight is 251 g/mol. The molecular weight excluding hydrogens is 226 g/mol. The number of hydrogen-bond donors (Lipinski definition) is 0. The number of carbonyl (C=O) groups excluding carboxylic acids is 1. The van der Waals surface area contributed by atoms with E-state index in [1.54, 1.807) is 9.58 Å². The van der Waals surface area contributed by atoms with Gasteiger partial charge in [-0.25, -0.2) is 0 Å². The molecule has 0 radical (unpaired) electrons. The zero-order chi connectivity index (χ0) is 13.9. The molecule has 1 rings (SSSR count). The monoisotopic (exact) mass is 251 g/mol. The van der Waals surface area contributed by atoms with Crippen molar-refractivity contribution in [3.05, 3.63) is 17.5 Å². The van der Waals surface area contributed by atoms with Crippen molar-refractivity contribution >= 4 is 5.91 Å². The lowest BCUT2D eigenvalue weighted by atomic mass is 9.92. The van der Waals surface area contributed by atoms with E-state index in [4.69, 9.17) is 0 Å². The van der Waals surface area contributed by atoms with E-state index in [0.29, 0.717) is 5.69 Å². The first kappa shape index (κ1) is 14.7. The van der Waals surface area contributed by atoms with Crippen LogP contribution in [0.25, 0.3) is 0 Å². The summed E-state index contributed by atoms with van der Waals surface area (Å²) in [4.78, 5) is 14.0. The van der Waals surface area contributed by atoms with Gasteiger partial charge in [0.2, 0.25) is 0 Å². The molecule has 0 N–H and O–H groups in total. The molecule has 1 aromatic rings. The number of carbonyl (C=O) groups is 1. The number of hydrogen-bond acceptors (Lipinski definition) is 2. The van der Waals surface area contributed by atoms with Gasteiger partial charge < -0.3 is 4.90 Å². The van der Waals surface area contributed by atoms with Crippen LogP contribution >= 0.6 is 0 Å². The van der Waals surface area contributed by atoms with Crippen LogP contribution in [-0.4, -0.2) is 34.2 Å². The second kappa shape index (κ2) is 5.55. The molecule has 0 unspecified atom stereocenters. The van der Waals surface area contributed by atoms with E-state index >= 15 is 0 Å². The van der Waals surface area contributed by atoms with Gasteiger partial charge >= 0.3 is 0 Å². The van der Waals surface area contributed by atoms with E-state index in [9.17, 15) is 4.79 Å². The summed E-state index contributed by atoms with van der Waals surface area (Å²) in [5.74, 6) is 0.0500. The molecule has 0 fully saturated rings. The number of nitrogens with zero attached hydrogens (tertiary/aromatic N) is 3. The Kier molecular flexibility index (Phi) is 4.54. The van der Waals surface area contributed by atoms with Gasteiger partial charge in [-0.15, -0.1) is 0 Å². The highest BCUT2D eigenvalue weighted by Gasteiger charge is 2.23. The smallest absolute Gasteiger partial charge is 0.271 e. The summed E-state index contributed by atoms with van der Waals surface area (Å²) in [6.07, 6.45) is 2.13. The number of unbranched alkanes of at least 4 members (excludes halogenated alkanes) is 1. The molecule has 0 aromatic carbocycles. The Labute approximate surface area is 110 Å². The fourth-order valence-corrected chi connectivity index (χ4v) is 1.73. The third-order valence-electron chi connectivity index (χ3n) is 3.06. The molecule has 1 aromatic heterocycles. The van der Waals surface area contributed by atoms with Crippen molar-refractivity contribution in [1.29, 1.82) is 0 Å². The van der Waals surface area contributed by atoms with Gasteiger partial charge in [-0.2, -0.15) is 5.10 Å². The zero-order valence-corrected chi connectivity index (χ0v) is 12.4. The summed E-state index contributed by atoms with van der Waals surface area (Å²) in [6, 6.07) is 1.91. The van der Waals surface area contributed by atoms with Gasteiger partial charge in [-0.1, -0.05) is 34.1 Å². The Morgan fingerprint density at radius 2 is 2.06 bits per heavy atom. The van der Waals surface area contributed by atoms with Crippen molar-refractivity contribution in [3.8, 4) is 0 Å². The largest absolute Gasteiger partial charge is 0.340 e. The summed E-state index contributed by atoms with van der Waals surface area (Å²) in [5.41, 5.74) is 1.59. The molecule has 4 nitrogen and oxygen atoms in total. The van der Waals surface area contributed by atoms with Crippen LogP contribution in [0.1, 0.15) is 56.7 Å². The SMILES string of the molecule is CCCCN(C)C(=O)c1cc(C(C)(C)C)nn1C. The molecule has 0 saturated carbocycles. The van der Waals surface area contributed by atoms with Gasteiger partial charge in [-0.05, 0) is 12.5 Å². The van der Waals surface area contributed by atoms with E-state index in [-0.39, 0.29) is 11.3 Å². The lowest BCUT2D eigenvalue weighted by molar-refractivity contribution is 0.0782. The van der Waals surface area contributed by atoms with Crippen LogP contribution in [0.3, 0.4) is 0 Å². The molecule has 0 aliphatic rings. The maximum atomic E-state index is 12.3. The number of aryl methyl sites for hydroxylation is 1. The Balaban J connectivity index is 2.90. The number of amides is 1. The Morgan fingerprint density at radius 1 is 1.44 bits per heavy atom. The molecule has 4 heteroatoms. The van der Waals surface area contributed by atoms with E-state index in [0.717, 1.165) is 25.1 Å². The maximum absolute atomic E-state index is 12.3. The molecular formula is C14H25N3O. The third-order valence-corrected chi connectivity index (χ3v) is 3.06. The number of aromatic nitrogens is 2. The minimum Gasteiger partial charge on any atom is -0.340 e. The fourth-order valence-electron chi connectivity index (χ4n) is 1.73. The zero-order valence-electron chi connectivity index (χ0n) is 12.4. The minimum atomic E-state index is -0.0295. The maximum Gasteiger partial charge on any atom is 0.271 e. The van der Waals surface area contributed by atoms with Crippen molar-refractivity contribution in [1.82, 2.24) is 14.7 Å². The summed E-state index contributed by atoms with van der Waals surface area (Å²) in [6.45, 7) is 9.23. The van der Waals surface area contributed by atoms with Gasteiger partial charge in [0, 0.05) is 26.1 Å². The predicted octanol–water partition coefficient (Wildman–Crippen LogP) is 2.59. The van der Waals surface area contributed by atoms with Crippen molar-refractivity contribution < 1.29 is 4.79 Å². The molecule has 1 heterocycles. The molecule has 0 aliphatic carbocycles. The molecule has 1 amide bonds. The van der Waals surface area contributed by atoms with Crippen molar-refractivity contribution in [2.75, 3.05) is 13.6 Å². The minimum absolute atomic E-state index is 0.0295. The van der Waals surface area contributed by atoms with Gasteiger partial charge in [0.1, 0.15) is 5.69 Å². The first-order chi connectivity index (χ1) is 8.27. The highest BCUT2D eigenvalue weighted by atomic mass is 16.2. The van der Waals surface area contributed by atoms with Crippen molar-refractivity contribution in [2.24, 2.45) is 7.05 Å². The first-order valence-electron chi connectivity index (χ1n) is 6.57. The predicted molar refractivity (Wildman–Crippen MR) is 73.8 cm³/mol. The average Bonchev–Trinajstić information content (AvgIpc) is 2.66. The van der Waals surface area contributed by atoms with Gasteiger partial charge in [0.05, 0.1) is 5.69 Å². The number of rotatable bonds is 4. The normalized spacial score (nSPS) is 11.7. The third kappa shape index (κ3) is 3.34. The summed E-state index contributed by atoms with van der Waals surface area (Å²) < 4.78 is 1.69. The van der Waals surface area contributed by atoms with E-state index in [2.05, 4.69) is 32.8 Å². The molecule has 102 valence electrons. The Bertz CT molecular complexity index is 415. The van der Waals surface area contributed by atoms with Crippen LogP contribution in [0.15, 0.2) is 6.07 Å². The molecule has 0 saturated heterocycles. The summed E-state index contributed by atoms with van der Waals surface area (Å²) in [5, 5.41) is 4.43. The lowest BCUT2D eigenvalue weighted by Gasteiger charge is -2.16. The summed E-state index contributed by atoms with van der Waals surface area (Å²) in [7, 11) is 3.68. The van der Waals surface area contributed by atoms with Crippen LogP contribution < -0.4 is 0 Å². The summed E-state index contributed by atoms with van der Waals surface area (Å²) >= 11 is 0. The van der Waals surface area contributed by atoms with Crippen molar-refractivity contribution in [2.45, 2.75) is 46.0 Å². The second-order valence-electron chi connectivity index (χ2n) is 5.87. The van der Waals surface area contributed by atoms with Crippen LogP contribution in [0, 0.1) is 0 Å². The van der Waals surface area contributed by atoms with Gasteiger partial charge in [-0.3, -0.25) is 9.48 Å². The molecule has 18 heavy (non-hydrogen) atoms. The molecule has 0 bridgehead atoms. The fraction of sp³-hybridized carbons (Fsp3) is 0.714. The molecule has 0 spiro atoms.